The van der Waals surface area contributed by atoms with Crippen LogP contribution in [0.1, 0.15) is 61.0 Å². The Morgan fingerprint density at radius 2 is 1.61 bits per heavy atom. The number of carboxylic acid groups (broad SMARTS) is 1. The number of aliphatic carboxylic acids is 1. The van der Waals surface area contributed by atoms with Gasteiger partial charge >= 0.3 is 5.97 Å². The fourth-order valence-electron chi connectivity index (χ4n) is 4.61. The smallest absolute Gasteiger partial charge is 0.331 e. The molecule has 0 saturated carbocycles. The summed E-state index contributed by atoms with van der Waals surface area (Å²) >= 11 is 0. The van der Waals surface area contributed by atoms with E-state index < -0.39 is 34.9 Å². The summed E-state index contributed by atoms with van der Waals surface area (Å²) in [6.07, 6.45) is 1.59. The summed E-state index contributed by atoms with van der Waals surface area (Å²) in [5, 5.41) is 15.5. The van der Waals surface area contributed by atoms with Crippen LogP contribution in [-0.2, 0) is 19.8 Å². The number of hydrogen-bond donors (Lipinski definition) is 3. The molecule has 0 spiro atoms. The van der Waals surface area contributed by atoms with E-state index in [1.54, 1.807) is 40.5 Å². The zero-order valence-corrected chi connectivity index (χ0v) is 25.1. The van der Waals surface area contributed by atoms with Crippen molar-refractivity contribution in [1.29, 1.82) is 0 Å². The van der Waals surface area contributed by atoms with Gasteiger partial charge in [0.15, 0.2) is 0 Å². The molecule has 0 aromatic heterocycles. The largest absolute Gasteiger partial charge is 0.497 e. The van der Waals surface area contributed by atoms with Gasteiger partial charge in [0, 0.05) is 29.7 Å². The van der Waals surface area contributed by atoms with Gasteiger partial charge in [-0.05, 0) is 31.4 Å². The highest BCUT2D eigenvalue weighted by molar-refractivity contribution is 5.91. The van der Waals surface area contributed by atoms with Gasteiger partial charge in [-0.25, -0.2) is 4.79 Å². The van der Waals surface area contributed by atoms with Crippen molar-refractivity contribution < 1.29 is 29.0 Å². The van der Waals surface area contributed by atoms with Crippen molar-refractivity contribution in [3.8, 4) is 11.5 Å². The minimum atomic E-state index is -1.04. The van der Waals surface area contributed by atoms with Crippen LogP contribution < -0.4 is 20.1 Å². The van der Waals surface area contributed by atoms with Crippen molar-refractivity contribution in [2.24, 2.45) is 11.3 Å². The zero-order valence-electron chi connectivity index (χ0n) is 25.1. The van der Waals surface area contributed by atoms with E-state index in [2.05, 4.69) is 10.6 Å². The molecule has 0 radical (unpaired) electrons. The van der Waals surface area contributed by atoms with Crippen molar-refractivity contribution in [2.75, 3.05) is 28.3 Å². The van der Waals surface area contributed by atoms with Crippen LogP contribution in [0.25, 0.3) is 0 Å². The summed E-state index contributed by atoms with van der Waals surface area (Å²) in [4.78, 5) is 40.5. The predicted molar refractivity (Wildman–Crippen MR) is 150 cm³/mol. The second kappa shape index (κ2) is 13.1. The van der Waals surface area contributed by atoms with Gasteiger partial charge < -0.3 is 30.1 Å². The van der Waals surface area contributed by atoms with Crippen LogP contribution in [0.2, 0.25) is 0 Å². The number of amides is 2. The first kappa shape index (κ1) is 33.0. The second-order valence-corrected chi connectivity index (χ2v) is 11.7. The van der Waals surface area contributed by atoms with E-state index in [0.717, 1.165) is 5.56 Å². The number of hydrogen-bond acceptors (Lipinski definition) is 6. The monoisotopic (exact) mass is 533 g/mol. The number of benzene rings is 1. The number of ether oxygens (including phenoxy) is 2. The van der Waals surface area contributed by atoms with E-state index in [-0.39, 0.29) is 23.3 Å². The van der Waals surface area contributed by atoms with E-state index in [0.29, 0.717) is 11.5 Å². The van der Waals surface area contributed by atoms with Gasteiger partial charge in [0.25, 0.3) is 0 Å². The molecular formula is C29H47N3O6. The van der Waals surface area contributed by atoms with E-state index in [9.17, 15) is 19.5 Å². The number of methoxy groups -OCH3 is 2. The molecule has 214 valence electrons. The molecule has 0 saturated heterocycles. The van der Waals surface area contributed by atoms with Crippen LogP contribution in [0.3, 0.4) is 0 Å². The number of carbonyl (C=O) groups excluding carboxylic acids is 2. The summed E-state index contributed by atoms with van der Waals surface area (Å²) in [5.41, 5.74) is -0.380. The molecular weight excluding hydrogens is 486 g/mol. The predicted octanol–water partition coefficient (Wildman–Crippen LogP) is 3.61. The zero-order chi connectivity index (χ0) is 29.6. The first-order valence-corrected chi connectivity index (χ1v) is 12.8. The maximum Gasteiger partial charge on any atom is 0.331 e. The number of carboxylic acids is 1. The van der Waals surface area contributed by atoms with Crippen molar-refractivity contribution in [3.05, 3.63) is 35.4 Å². The number of nitrogens with zero attached hydrogens (tertiary/aromatic N) is 1. The Bertz CT molecular complexity index is 1030. The average Bonchev–Trinajstić information content (AvgIpc) is 2.83. The third kappa shape index (κ3) is 7.72. The SMILES string of the molecule is CN[C@H](C(=O)N[C@H](C(=O)N(C)[C@H](/C=C(\C)C(=O)O)C(C)C)C(C)(C)C)C(C)(C)c1ccc(OC)cc1OC. The minimum absolute atomic E-state index is 0.0407. The molecule has 0 fully saturated rings. The minimum Gasteiger partial charge on any atom is -0.497 e. The lowest BCUT2D eigenvalue weighted by atomic mass is 9.76. The first-order valence-electron chi connectivity index (χ1n) is 12.8. The molecule has 38 heavy (non-hydrogen) atoms. The molecule has 0 aliphatic rings. The van der Waals surface area contributed by atoms with Gasteiger partial charge in [-0.3, -0.25) is 9.59 Å². The lowest BCUT2D eigenvalue weighted by Gasteiger charge is -2.40. The van der Waals surface area contributed by atoms with Crippen LogP contribution in [-0.4, -0.2) is 74.2 Å². The lowest BCUT2D eigenvalue weighted by molar-refractivity contribution is -0.141. The second-order valence-electron chi connectivity index (χ2n) is 11.7. The van der Waals surface area contributed by atoms with Crippen LogP contribution in [0, 0.1) is 11.3 Å². The molecule has 1 aromatic rings. The maximum absolute atomic E-state index is 13.8. The van der Waals surface area contributed by atoms with Gasteiger partial charge in [-0.1, -0.05) is 60.6 Å². The van der Waals surface area contributed by atoms with Gasteiger partial charge in [0.2, 0.25) is 11.8 Å². The molecule has 0 aliphatic heterocycles. The third-order valence-corrected chi connectivity index (χ3v) is 7.01. The van der Waals surface area contributed by atoms with E-state index in [1.165, 1.54) is 11.8 Å². The molecule has 1 aromatic carbocycles. The molecule has 0 heterocycles. The van der Waals surface area contributed by atoms with E-state index in [1.807, 2.05) is 60.6 Å². The average molecular weight is 534 g/mol. The molecule has 0 unspecified atom stereocenters. The molecule has 3 atom stereocenters. The lowest BCUT2D eigenvalue weighted by Crippen LogP contribution is -2.61. The van der Waals surface area contributed by atoms with Gasteiger partial charge in [0.05, 0.1) is 26.3 Å². The first-order chi connectivity index (χ1) is 17.4. The Labute approximate surface area is 228 Å². The van der Waals surface area contributed by atoms with Gasteiger partial charge in [0.1, 0.15) is 17.5 Å². The fourth-order valence-corrected chi connectivity index (χ4v) is 4.61. The van der Waals surface area contributed by atoms with Crippen molar-refractivity contribution >= 4 is 17.8 Å². The Morgan fingerprint density at radius 3 is 2.03 bits per heavy atom. The summed E-state index contributed by atoms with van der Waals surface area (Å²) < 4.78 is 10.9. The normalized spacial score (nSPS) is 14.9. The van der Waals surface area contributed by atoms with Gasteiger partial charge in [-0.2, -0.15) is 0 Å². The number of likely N-dealkylation sites (N-methyl/N-ethyl adjacent to an activating group) is 2. The van der Waals surface area contributed by atoms with E-state index in [4.69, 9.17) is 9.47 Å². The van der Waals surface area contributed by atoms with Crippen LogP contribution in [0.5, 0.6) is 11.5 Å². The Morgan fingerprint density at radius 1 is 1.03 bits per heavy atom. The van der Waals surface area contributed by atoms with Crippen molar-refractivity contribution in [1.82, 2.24) is 15.5 Å². The molecule has 3 N–H and O–H groups in total. The van der Waals surface area contributed by atoms with Crippen molar-refractivity contribution in [2.45, 2.75) is 78.9 Å². The number of nitrogens with one attached hydrogen (secondary N) is 2. The Balaban J connectivity index is 3.41. The number of rotatable bonds is 12. The summed E-state index contributed by atoms with van der Waals surface area (Å²) in [7, 11) is 6.49. The van der Waals surface area contributed by atoms with Crippen LogP contribution >= 0.6 is 0 Å². The number of carbonyl (C=O) groups is 3. The van der Waals surface area contributed by atoms with Crippen LogP contribution in [0.15, 0.2) is 29.8 Å². The molecule has 9 heteroatoms. The highest BCUT2D eigenvalue weighted by Gasteiger charge is 2.42. The van der Waals surface area contributed by atoms with Gasteiger partial charge in [-0.15, -0.1) is 0 Å². The standard InChI is InChI=1S/C29H47N3O6/c1-17(2)21(15-18(3)27(35)36)32(10)26(34)24(28(4,5)6)31-25(33)23(30-9)29(7,8)20-14-13-19(37-11)16-22(20)38-12/h13-17,21,23-24,30H,1-12H3,(H,31,33)(H,35,36)/b18-15+/t21-,23-,24-/m1/s1. The topological polar surface area (TPSA) is 117 Å². The van der Waals surface area contributed by atoms with Crippen molar-refractivity contribution in [3.63, 3.8) is 0 Å². The molecule has 1 rings (SSSR count). The Hall–Kier alpha value is -3.07. The highest BCUT2D eigenvalue weighted by Crippen LogP contribution is 2.37. The molecule has 9 nitrogen and oxygen atoms in total. The Kier molecular flexibility index (Phi) is 11.4. The summed E-state index contributed by atoms with van der Waals surface area (Å²) in [6.45, 7) is 14.9. The molecule has 2 amide bonds. The maximum atomic E-state index is 13.8. The fraction of sp³-hybridized carbons (Fsp3) is 0.621. The quantitative estimate of drug-likeness (QED) is 0.351. The molecule has 0 aliphatic carbocycles. The third-order valence-electron chi connectivity index (χ3n) is 7.01. The summed E-state index contributed by atoms with van der Waals surface area (Å²) in [6, 6.07) is 3.45. The van der Waals surface area contributed by atoms with Crippen LogP contribution in [0.4, 0.5) is 0 Å². The molecule has 0 bridgehead atoms. The van der Waals surface area contributed by atoms with E-state index >= 15 is 0 Å². The highest BCUT2D eigenvalue weighted by atomic mass is 16.5. The summed E-state index contributed by atoms with van der Waals surface area (Å²) in [5.74, 6) is -0.485.